The summed E-state index contributed by atoms with van der Waals surface area (Å²) in [6.07, 6.45) is 1.04. The van der Waals surface area contributed by atoms with E-state index in [0.717, 1.165) is 9.99 Å². The van der Waals surface area contributed by atoms with Gasteiger partial charge in [0.15, 0.2) is 11.8 Å². The predicted molar refractivity (Wildman–Crippen MR) is 87.2 cm³/mol. The zero-order valence-corrected chi connectivity index (χ0v) is 14.0. The zero-order chi connectivity index (χ0) is 16.6. The number of aromatic amines is 2. The maximum atomic E-state index is 12.2. The van der Waals surface area contributed by atoms with E-state index in [1.165, 1.54) is 6.07 Å². The van der Waals surface area contributed by atoms with Crippen LogP contribution in [0.25, 0.3) is 11.2 Å². The maximum Gasteiger partial charge on any atom is 0.339 e. The van der Waals surface area contributed by atoms with Crippen LogP contribution in [0.5, 0.6) is 0 Å². The molecule has 0 bridgehead atoms. The molecule has 0 radical (unpaired) electrons. The number of fused-ring (bicyclic) bond motifs is 1. The summed E-state index contributed by atoms with van der Waals surface area (Å²) >= 11 is 3.33. The number of halogens is 1. The molecule has 0 amide bonds. The van der Waals surface area contributed by atoms with Crippen LogP contribution in [0, 0.1) is 6.92 Å². The van der Waals surface area contributed by atoms with E-state index >= 15 is 0 Å². The molecule has 8 heteroatoms. The first-order valence-corrected chi connectivity index (χ1v) is 7.65. The SMILES string of the molecule is Cc1cc(C(=O)OC(C)c2nc3ncc(Br)cc3[nH]2)cc(=O)[nH]1. The summed E-state index contributed by atoms with van der Waals surface area (Å²) in [5.41, 5.74) is 1.73. The van der Waals surface area contributed by atoms with Crippen molar-refractivity contribution in [3.8, 4) is 0 Å². The van der Waals surface area contributed by atoms with Crippen LogP contribution in [-0.2, 0) is 4.74 Å². The number of esters is 1. The van der Waals surface area contributed by atoms with E-state index in [-0.39, 0.29) is 11.1 Å². The molecule has 1 unspecified atom stereocenters. The van der Waals surface area contributed by atoms with Crippen LogP contribution in [0.1, 0.15) is 34.9 Å². The number of hydrogen-bond acceptors (Lipinski definition) is 5. The molecule has 2 N–H and O–H groups in total. The lowest BCUT2D eigenvalue weighted by Gasteiger charge is -2.10. The van der Waals surface area contributed by atoms with E-state index in [1.807, 2.05) is 6.07 Å². The second kappa shape index (κ2) is 5.96. The van der Waals surface area contributed by atoms with Crippen molar-refractivity contribution in [1.82, 2.24) is 19.9 Å². The molecule has 3 aromatic heterocycles. The minimum atomic E-state index is -0.602. The smallest absolute Gasteiger partial charge is 0.339 e. The predicted octanol–water partition coefficient (Wildman–Crippen LogP) is 2.64. The van der Waals surface area contributed by atoms with Gasteiger partial charge in [-0.05, 0) is 41.9 Å². The molecular weight excluding hydrogens is 364 g/mol. The summed E-state index contributed by atoms with van der Waals surface area (Å²) in [7, 11) is 0. The van der Waals surface area contributed by atoms with Gasteiger partial charge in [-0.1, -0.05) is 0 Å². The fourth-order valence-corrected chi connectivity index (χ4v) is 2.50. The molecule has 0 aromatic carbocycles. The van der Waals surface area contributed by atoms with Crippen LogP contribution in [-0.4, -0.2) is 25.9 Å². The van der Waals surface area contributed by atoms with Crippen molar-refractivity contribution in [2.24, 2.45) is 0 Å². The van der Waals surface area contributed by atoms with Gasteiger partial charge in [0.05, 0.1) is 11.1 Å². The van der Waals surface area contributed by atoms with Gasteiger partial charge in [0.25, 0.3) is 0 Å². The second-order valence-corrected chi connectivity index (χ2v) is 6.03. The second-order valence-electron chi connectivity index (χ2n) is 5.11. The van der Waals surface area contributed by atoms with E-state index in [4.69, 9.17) is 4.74 Å². The van der Waals surface area contributed by atoms with Gasteiger partial charge in [-0.2, -0.15) is 0 Å². The Hall–Kier alpha value is -2.48. The summed E-state index contributed by atoms with van der Waals surface area (Å²) in [5, 5.41) is 0. The third-order valence-electron chi connectivity index (χ3n) is 3.21. The van der Waals surface area contributed by atoms with Gasteiger partial charge < -0.3 is 14.7 Å². The van der Waals surface area contributed by atoms with Gasteiger partial charge in [0, 0.05) is 22.4 Å². The number of ether oxygens (including phenoxy) is 1. The Kier molecular flexibility index (Phi) is 3.99. The summed E-state index contributed by atoms with van der Waals surface area (Å²) in [5.74, 6) is -0.0955. The number of carbonyl (C=O) groups excluding carboxylic acids is 1. The molecule has 0 aliphatic rings. The molecule has 3 heterocycles. The molecular formula is C15H13BrN4O3. The number of carbonyl (C=O) groups is 1. The monoisotopic (exact) mass is 376 g/mol. The van der Waals surface area contributed by atoms with E-state index < -0.39 is 12.1 Å². The number of hydrogen-bond donors (Lipinski definition) is 2. The van der Waals surface area contributed by atoms with Crippen LogP contribution in [0.4, 0.5) is 0 Å². The molecule has 0 fully saturated rings. The topological polar surface area (TPSA) is 101 Å². The first-order valence-electron chi connectivity index (χ1n) is 6.85. The number of rotatable bonds is 3. The maximum absolute atomic E-state index is 12.2. The van der Waals surface area contributed by atoms with Crippen molar-refractivity contribution in [1.29, 1.82) is 0 Å². The Morgan fingerprint density at radius 1 is 1.30 bits per heavy atom. The third kappa shape index (κ3) is 3.31. The lowest BCUT2D eigenvalue weighted by molar-refractivity contribution is 0.0321. The molecule has 0 saturated heterocycles. The van der Waals surface area contributed by atoms with Crippen LogP contribution < -0.4 is 5.56 Å². The fraction of sp³-hybridized carbons (Fsp3) is 0.200. The number of pyridine rings is 2. The highest BCUT2D eigenvalue weighted by molar-refractivity contribution is 9.10. The fourth-order valence-electron chi connectivity index (χ4n) is 2.17. The van der Waals surface area contributed by atoms with Crippen LogP contribution in [0.15, 0.2) is 33.7 Å². The number of aromatic nitrogens is 4. The summed E-state index contributed by atoms with van der Waals surface area (Å²) < 4.78 is 6.19. The van der Waals surface area contributed by atoms with Crippen molar-refractivity contribution in [3.05, 3.63) is 56.3 Å². The summed E-state index contributed by atoms with van der Waals surface area (Å²) in [4.78, 5) is 37.7. The third-order valence-corrected chi connectivity index (χ3v) is 3.64. The van der Waals surface area contributed by atoms with Gasteiger partial charge in [-0.25, -0.2) is 14.8 Å². The van der Waals surface area contributed by atoms with Gasteiger partial charge >= 0.3 is 5.97 Å². The van der Waals surface area contributed by atoms with Gasteiger partial charge in [-0.15, -0.1) is 0 Å². The molecule has 7 nitrogen and oxygen atoms in total. The minimum absolute atomic E-state index is 0.204. The molecule has 0 saturated carbocycles. The summed E-state index contributed by atoms with van der Waals surface area (Å²) in [6, 6.07) is 4.61. The zero-order valence-electron chi connectivity index (χ0n) is 12.4. The van der Waals surface area contributed by atoms with Crippen LogP contribution in [0.3, 0.4) is 0 Å². The highest BCUT2D eigenvalue weighted by Crippen LogP contribution is 2.20. The van der Waals surface area contributed by atoms with Gasteiger partial charge in [0.1, 0.15) is 5.82 Å². The molecule has 0 spiro atoms. The van der Waals surface area contributed by atoms with Crippen molar-refractivity contribution < 1.29 is 9.53 Å². The van der Waals surface area contributed by atoms with E-state index in [9.17, 15) is 9.59 Å². The largest absolute Gasteiger partial charge is 0.451 e. The Balaban J connectivity index is 1.83. The van der Waals surface area contributed by atoms with Gasteiger partial charge in [0.2, 0.25) is 5.56 Å². The Bertz CT molecular complexity index is 947. The van der Waals surface area contributed by atoms with E-state index in [2.05, 4.69) is 35.9 Å². The highest BCUT2D eigenvalue weighted by atomic mass is 79.9. The molecule has 23 heavy (non-hydrogen) atoms. The minimum Gasteiger partial charge on any atom is -0.451 e. The normalized spacial score (nSPS) is 12.3. The lowest BCUT2D eigenvalue weighted by Crippen LogP contribution is -2.15. The molecule has 0 aliphatic heterocycles. The van der Waals surface area contributed by atoms with Crippen molar-refractivity contribution in [2.75, 3.05) is 0 Å². The first kappa shape index (κ1) is 15.4. The number of H-pyrrole nitrogens is 2. The number of nitrogens with one attached hydrogen (secondary N) is 2. The quantitative estimate of drug-likeness (QED) is 0.684. The molecule has 3 aromatic rings. The Morgan fingerprint density at radius 3 is 2.83 bits per heavy atom. The Morgan fingerprint density at radius 2 is 2.09 bits per heavy atom. The van der Waals surface area contributed by atoms with Crippen molar-refractivity contribution >= 4 is 33.1 Å². The van der Waals surface area contributed by atoms with E-state index in [0.29, 0.717) is 17.2 Å². The molecule has 0 aliphatic carbocycles. The number of nitrogens with zero attached hydrogens (tertiary/aromatic N) is 2. The number of aryl methyl sites for hydroxylation is 1. The molecule has 3 rings (SSSR count). The highest BCUT2D eigenvalue weighted by Gasteiger charge is 2.18. The summed E-state index contributed by atoms with van der Waals surface area (Å²) in [6.45, 7) is 3.40. The Labute approximate surface area is 139 Å². The lowest BCUT2D eigenvalue weighted by atomic mass is 10.2. The number of imidazole rings is 1. The van der Waals surface area contributed by atoms with Crippen molar-refractivity contribution in [2.45, 2.75) is 20.0 Å². The molecule has 1 atom stereocenters. The van der Waals surface area contributed by atoms with Crippen LogP contribution >= 0.6 is 15.9 Å². The van der Waals surface area contributed by atoms with Crippen molar-refractivity contribution in [3.63, 3.8) is 0 Å². The van der Waals surface area contributed by atoms with E-state index in [1.54, 1.807) is 26.1 Å². The average Bonchev–Trinajstić information content (AvgIpc) is 2.89. The standard InChI is InChI=1S/C15H13BrN4O3/c1-7-3-9(4-12(21)18-7)15(22)23-8(2)13-19-11-5-10(16)6-17-14(11)20-13/h3-6,8H,1-2H3,(H,18,21)(H,17,19,20). The molecule has 118 valence electrons. The first-order chi connectivity index (χ1) is 10.9. The van der Waals surface area contributed by atoms with Gasteiger partial charge in [-0.3, -0.25) is 4.79 Å². The van der Waals surface area contributed by atoms with Crippen LogP contribution in [0.2, 0.25) is 0 Å². The average molecular weight is 377 g/mol.